The third-order valence-corrected chi connectivity index (χ3v) is 17.5. The standard InChI is InChI=1S/C38H34N2O4S2.C14H15NO2.C10H6Br2S2.C5H12/c1-43-33-15-11-31(12-16-33)39(29-7-3-27(25-41)4-8-29)37-23-21-35(45-37)19-20-36-22-24-38(46-36)40(30-9-5-28(26-42)6-10-30)32-13-17-34(44-2)18-14-32;1-16-13-7-3-11(4-8-13)15-12-5-9-14(17-2)10-6-12;11-9-5-3-7(13-9)1-2-8-4-6-10(12)14-8;1-3-5-4-2/h3-24,41-42H,25-26H2,1-2H3;3-10,15H,1-2H3;1-6H;3-5H2,1-2H3/b20-19+;;2-1+;. The van der Waals surface area contributed by atoms with Gasteiger partial charge in [-0.15, -0.1) is 45.3 Å². The molecule has 9 nitrogen and oxygen atoms in total. The van der Waals surface area contributed by atoms with Gasteiger partial charge in [0, 0.05) is 53.6 Å². The summed E-state index contributed by atoms with van der Waals surface area (Å²) in [5, 5.41) is 24.6. The van der Waals surface area contributed by atoms with Crippen molar-refractivity contribution in [3.8, 4) is 23.0 Å². The number of halogens is 2. The number of methoxy groups -OCH3 is 4. The van der Waals surface area contributed by atoms with Crippen LogP contribution in [0, 0.1) is 0 Å². The minimum atomic E-state index is 0.00897. The zero-order valence-electron chi connectivity index (χ0n) is 46.6. The Morgan fingerprint density at radius 2 is 0.659 bits per heavy atom. The van der Waals surface area contributed by atoms with Gasteiger partial charge in [0.05, 0.1) is 49.2 Å². The van der Waals surface area contributed by atoms with E-state index in [4.69, 9.17) is 18.9 Å². The Morgan fingerprint density at radius 1 is 0.378 bits per heavy atom. The van der Waals surface area contributed by atoms with E-state index in [0.29, 0.717) is 0 Å². The van der Waals surface area contributed by atoms with Gasteiger partial charge in [0.2, 0.25) is 0 Å². The van der Waals surface area contributed by atoms with Crippen molar-refractivity contribution in [1.82, 2.24) is 0 Å². The molecule has 4 heterocycles. The molecule has 6 aromatic carbocycles. The molecule has 10 aromatic rings. The average Bonchev–Trinajstić information content (AvgIpc) is 4.40. The molecule has 0 bridgehead atoms. The van der Waals surface area contributed by atoms with Gasteiger partial charge >= 0.3 is 0 Å². The van der Waals surface area contributed by atoms with Gasteiger partial charge in [0.15, 0.2) is 0 Å². The molecular formula is C67H67Br2N3O6S4. The zero-order valence-corrected chi connectivity index (χ0v) is 53.1. The summed E-state index contributed by atoms with van der Waals surface area (Å²) in [4.78, 5) is 9.20. The number of thiophene rings is 4. The third kappa shape index (κ3) is 19.1. The molecule has 0 spiro atoms. The normalized spacial score (nSPS) is 10.7. The second-order valence-electron chi connectivity index (χ2n) is 18.0. The number of anilines is 8. The summed E-state index contributed by atoms with van der Waals surface area (Å²) in [6.45, 7) is 4.44. The van der Waals surface area contributed by atoms with E-state index in [1.54, 1.807) is 73.8 Å². The minimum absolute atomic E-state index is 0.00897. The molecule has 424 valence electrons. The Hall–Kier alpha value is -6.92. The van der Waals surface area contributed by atoms with Gasteiger partial charge in [-0.3, -0.25) is 0 Å². The molecule has 0 saturated carbocycles. The number of benzene rings is 6. The largest absolute Gasteiger partial charge is 0.497 e. The van der Waals surface area contributed by atoms with E-state index in [0.717, 1.165) is 88.0 Å². The Bertz CT molecular complexity index is 3160. The van der Waals surface area contributed by atoms with Gasteiger partial charge in [0.25, 0.3) is 0 Å². The van der Waals surface area contributed by atoms with E-state index < -0.39 is 0 Å². The van der Waals surface area contributed by atoms with Gasteiger partial charge in [-0.2, -0.15) is 0 Å². The molecule has 10 rings (SSSR count). The highest BCUT2D eigenvalue weighted by molar-refractivity contribution is 9.11. The summed E-state index contributed by atoms with van der Waals surface area (Å²) >= 11 is 13.8. The molecule has 0 aliphatic heterocycles. The van der Waals surface area contributed by atoms with Crippen LogP contribution in [-0.2, 0) is 13.2 Å². The molecule has 82 heavy (non-hydrogen) atoms. The molecular weight excluding hydrogens is 1230 g/mol. The van der Waals surface area contributed by atoms with Crippen LogP contribution in [0.1, 0.15) is 63.7 Å². The number of rotatable bonds is 20. The van der Waals surface area contributed by atoms with Gasteiger partial charge in [-0.05, 0) is 237 Å². The lowest BCUT2D eigenvalue weighted by molar-refractivity contribution is 0.281. The fourth-order valence-corrected chi connectivity index (χ4v) is 12.5. The smallest absolute Gasteiger partial charge is 0.119 e. The van der Waals surface area contributed by atoms with E-state index in [-0.39, 0.29) is 13.2 Å². The van der Waals surface area contributed by atoms with Crippen LogP contribution in [0.3, 0.4) is 0 Å². The number of nitrogens with zero attached hydrogens (tertiary/aromatic N) is 2. The Kier molecular flexibility index (Phi) is 25.4. The van der Waals surface area contributed by atoms with Gasteiger partial charge in [0.1, 0.15) is 33.0 Å². The molecule has 0 saturated heterocycles. The van der Waals surface area contributed by atoms with Crippen molar-refractivity contribution in [2.24, 2.45) is 0 Å². The number of unbranched alkanes of at least 4 members (excludes halogenated alkanes) is 2. The van der Waals surface area contributed by atoms with Gasteiger partial charge < -0.3 is 44.3 Å². The lowest BCUT2D eigenvalue weighted by Crippen LogP contribution is -2.08. The van der Waals surface area contributed by atoms with Crippen LogP contribution >= 0.6 is 77.2 Å². The van der Waals surface area contributed by atoms with Crippen LogP contribution in [-0.4, -0.2) is 38.7 Å². The molecule has 15 heteroatoms. The third-order valence-electron chi connectivity index (χ3n) is 12.3. The first-order valence-corrected chi connectivity index (χ1v) is 31.3. The first kappa shape index (κ1) is 62.7. The van der Waals surface area contributed by atoms with Crippen LogP contribution in [0.4, 0.5) is 44.1 Å². The van der Waals surface area contributed by atoms with Crippen LogP contribution in [0.2, 0.25) is 0 Å². The Labute approximate surface area is 515 Å². The maximum Gasteiger partial charge on any atom is 0.119 e. The molecule has 0 aliphatic rings. The molecule has 0 aliphatic carbocycles. The SMILES string of the molecule is Brc1ccc(/C=C/c2ccc(Br)s2)s1.CCCCC.COc1ccc(N(c2ccc(CO)cc2)c2ccc(/C=C/c3ccc(N(c4ccc(CO)cc4)c4ccc(OC)cc4)s3)s2)cc1.COc1ccc(Nc2ccc(OC)cc2)cc1. The molecule has 0 fully saturated rings. The number of aliphatic hydroxyl groups is 2. The number of hydrogen-bond donors (Lipinski definition) is 3. The first-order chi connectivity index (χ1) is 40.0. The quantitative estimate of drug-likeness (QED) is 0.0690. The summed E-state index contributed by atoms with van der Waals surface area (Å²) in [6.07, 6.45) is 12.6. The molecule has 0 unspecified atom stereocenters. The van der Waals surface area contributed by atoms with Crippen molar-refractivity contribution < 1.29 is 29.2 Å². The lowest BCUT2D eigenvalue weighted by Gasteiger charge is -2.24. The van der Waals surface area contributed by atoms with E-state index in [1.807, 2.05) is 146 Å². The predicted octanol–water partition coefficient (Wildman–Crippen LogP) is 21.1. The summed E-state index contributed by atoms with van der Waals surface area (Å²) in [6, 6.07) is 64.4. The number of hydrogen-bond acceptors (Lipinski definition) is 13. The second kappa shape index (κ2) is 33.3. The molecule has 4 aromatic heterocycles. The lowest BCUT2D eigenvalue weighted by atomic mass is 10.2. The van der Waals surface area contributed by atoms with E-state index >= 15 is 0 Å². The fourth-order valence-electron chi connectivity index (χ4n) is 7.91. The number of ether oxygens (including phenoxy) is 4. The highest BCUT2D eigenvalue weighted by Gasteiger charge is 2.17. The molecule has 0 atom stereocenters. The van der Waals surface area contributed by atoms with Gasteiger partial charge in [-0.25, -0.2) is 0 Å². The Balaban J connectivity index is 0.000000216. The summed E-state index contributed by atoms with van der Waals surface area (Å²) in [7, 11) is 6.65. The van der Waals surface area contributed by atoms with Crippen molar-refractivity contribution >= 4 is 146 Å². The van der Waals surface area contributed by atoms with Crippen molar-refractivity contribution in [1.29, 1.82) is 0 Å². The summed E-state index contributed by atoms with van der Waals surface area (Å²) in [5.41, 5.74) is 7.84. The van der Waals surface area contributed by atoms with E-state index in [9.17, 15) is 10.2 Å². The van der Waals surface area contributed by atoms with Crippen LogP contribution < -0.4 is 34.1 Å². The van der Waals surface area contributed by atoms with Crippen molar-refractivity contribution in [3.63, 3.8) is 0 Å². The van der Waals surface area contributed by atoms with Crippen LogP contribution in [0.25, 0.3) is 24.3 Å². The van der Waals surface area contributed by atoms with Gasteiger partial charge in [-0.1, -0.05) is 57.4 Å². The van der Waals surface area contributed by atoms with Crippen molar-refractivity contribution in [3.05, 3.63) is 232 Å². The predicted molar refractivity (Wildman–Crippen MR) is 359 cm³/mol. The van der Waals surface area contributed by atoms with E-state index in [1.165, 1.54) is 36.6 Å². The van der Waals surface area contributed by atoms with Crippen LogP contribution in [0.15, 0.2) is 202 Å². The fraction of sp³-hybridized carbons (Fsp3) is 0.164. The highest BCUT2D eigenvalue weighted by Crippen LogP contribution is 2.42. The molecule has 3 N–H and O–H groups in total. The average molecular weight is 1300 g/mol. The van der Waals surface area contributed by atoms with Crippen molar-refractivity contribution in [2.45, 2.75) is 46.3 Å². The maximum absolute atomic E-state index is 9.55. The number of aliphatic hydroxyl groups excluding tert-OH is 2. The van der Waals surface area contributed by atoms with E-state index in [2.05, 4.69) is 134 Å². The van der Waals surface area contributed by atoms with Crippen LogP contribution in [0.5, 0.6) is 23.0 Å². The summed E-state index contributed by atoms with van der Waals surface area (Å²) < 4.78 is 23.3. The van der Waals surface area contributed by atoms with Crippen molar-refractivity contribution in [2.75, 3.05) is 43.6 Å². The zero-order chi connectivity index (χ0) is 58.1. The summed E-state index contributed by atoms with van der Waals surface area (Å²) in [5.74, 6) is 3.31. The first-order valence-electron chi connectivity index (χ1n) is 26.4. The second-order valence-corrected chi connectivity index (χ2v) is 25.1. The highest BCUT2D eigenvalue weighted by atomic mass is 79.9. The number of nitrogens with one attached hydrogen (secondary N) is 1. The molecule has 0 amide bonds. The maximum atomic E-state index is 9.55. The topological polar surface area (TPSA) is 95.9 Å². The monoisotopic (exact) mass is 1300 g/mol. The minimum Gasteiger partial charge on any atom is -0.497 e. The Morgan fingerprint density at radius 3 is 0.915 bits per heavy atom. The molecule has 0 radical (unpaired) electrons.